The topological polar surface area (TPSA) is 43.6 Å². The summed E-state index contributed by atoms with van der Waals surface area (Å²) in [6, 6.07) is 0. The molecule has 0 unspecified atom stereocenters. The van der Waals surface area contributed by atoms with Crippen molar-refractivity contribution in [2.75, 3.05) is 0 Å². The molecular weight excluding hydrogens is 116 g/mol. The van der Waals surface area contributed by atoms with Crippen LogP contribution < -0.4 is 0 Å². The lowest BCUT2D eigenvalue weighted by atomic mass is 10.6. The van der Waals surface area contributed by atoms with Gasteiger partial charge in [0.2, 0.25) is 0 Å². The molecule has 0 aliphatic heterocycles. The number of nitrogens with zero attached hydrogens (tertiary/aromatic N) is 4. The van der Waals surface area contributed by atoms with Gasteiger partial charge < -0.3 is 0 Å². The summed E-state index contributed by atoms with van der Waals surface area (Å²) in [5, 5.41) is 10.6. The van der Waals surface area contributed by atoms with Crippen LogP contribution in [0.1, 0.15) is 5.82 Å². The first-order valence-corrected chi connectivity index (χ1v) is 2.41. The zero-order valence-electron chi connectivity index (χ0n) is 4.86. The van der Waals surface area contributed by atoms with Gasteiger partial charge in [0.25, 0.3) is 0 Å². The Morgan fingerprint density at radius 2 is 2.22 bits per heavy atom. The Morgan fingerprint density at radius 1 is 1.44 bits per heavy atom. The molecule has 0 saturated carbocycles. The summed E-state index contributed by atoms with van der Waals surface area (Å²) in [7, 11) is 0. The van der Waals surface area contributed by atoms with Crippen molar-refractivity contribution in [1.29, 1.82) is 0 Å². The van der Waals surface area contributed by atoms with Crippen LogP contribution in [-0.4, -0.2) is 20.2 Å². The van der Waals surface area contributed by atoms with Gasteiger partial charge in [-0.25, -0.2) is 4.68 Å². The van der Waals surface area contributed by atoms with E-state index in [1.807, 2.05) is 0 Å². The number of tetrazole rings is 1. The van der Waals surface area contributed by atoms with E-state index >= 15 is 0 Å². The fourth-order valence-electron chi connectivity index (χ4n) is 0.465. The van der Waals surface area contributed by atoms with Crippen LogP contribution in [0.4, 0.5) is 0 Å². The highest BCUT2D eigenvalue weighted by atomic mass is 15.5. The molecule has 0 bridgehead atoms. The van der Waals surface area contributed by atoms with E-state index in [0.717, 1.165) is 0 Å². The van der Waals surface area contributed by atoms with Gasteiger partial charge in [0, 0.05) is 6.20 Å². The second-order valence-electron chi connectivity index (χ2n) is 1.37. The van der Waals surface area contributed by atoms with Crippen LogP contribution in [0.3, 0.4) is 0 Å². The van der Waals surface area contributed by atoms with E-state index in [-0.39, 0.29) is 0 Å². The molecule has 0 amide bonds. The van der Waals surface area contributed by atoms with Crippen LogP contribution >= 0.6 is 0 Å². The monoisotopic (exact) mass is 122 g/mol. The van der Waals surface area contributed by atoms with Gasteiger partial charge in [-0.1, -0.05) is 13.2 Å². The maximum atomic E-state index is 3.62. The summed E-state index contributed by atoms with van der Waals surface area (Å²) in [5.41, 5.74) is 0. The Hall–Kier alpha value is -1.45. The average molecular weight is 122 g/mol. The molecular formula is C5H6N4. The Morgan fingerprint density at radius 3 is 2.67 bits per heavy atom. The molecule has 1 aromatic heterocycles. The van der Waals surface area contributed by atoms with E-state index in [1.165, 1.54) is 10.9 Å². The SMILES string of the molecule is C=Cc1nnnn1C=C. The van der Waals surface area contributed by atoms with Crippen LogP contribution in [0.2, 0.25) is 0 Å². The Balaban J connectivity index is 3.12. The van der Waals surface area contributed by atoms with Crippen LogP contribution in [0, 0.1) is 0 Å². The minimum Gasteiger partial charge on any atom is -0.201 e. The van der Waals surface area contributed by atoms with E-state index in [0.29, 0.717) is 5.82 Å². The molecule has 1 heterocycles. The van der Waals surface area contributed by atoms with Gasteiger partial charge >= 0.3 is 0 Å². The van der Waals surface area contributed by atoms with Crippen LogP contribution in [0.15, 0.2) is 13.2 Å². The van der Waals surface area contributed by atoms with Crippen molar-refractivity contribution in [3.05, 3.63) is 19.0 Å². The highest BCUT2D eigenvalue weighted by Gasteiger charge is 1.93. The average Bonchev–Trinajstić information content (AvgIpc) is 2.33. The predicted octanol–water partition coefficient (Wildman–Crippen LogP) is 0.417. The lowest BCUT2D eigenvalue weighted by Crippen LogP contribution is -1.90. The number of rotatable bonds is 2. The van der Waals surface area contributed by atoms with Gasteiger partial charge in [0.05, 0.1) is 0 Å². The normalized spacial score (nSPS) is 8.89. The maximum absolute atomic E-state index is 3.62. The van der Waals surface area contributed by atoms with Gasteiger partial charge in [-0.2, -0.15) is 0 Å². The smallest absolute Gasteiger partial charge is 0.178 e. The maximum Gasteiger partial charge on any atom is 0.178 e. The highest BCUT2D eigenvalue weighted by Crippen LogP contribution is 1.91. The molecule has 9 heavy (non-hydrogen) atoms. The van der Waals surface area contributed by atoms with E-state index in [2.05, 4.69) is 28.7 Å². The van der Waals surface area contributed by atoms with Gasteiger partial charge in [-0.15, -0.1) is 5.10 Å². The van der Waals surface area contributed by atoms with Crippen LogP contribution in [0.25, 0.3) is 12.3 Å². The van der Waals surface area contributed by atoms with E-state index in [4.69, 9.17) is 0 Å². The summed E-state index contributed by atoms with van der Waals surface area (Å²) < 4.78 is 1.44. The van der Waals surface area contributed by atoms with Crippen molar-refractivity contribution >= 4 is 12.3 Å². The zero-order valence-corrected chi connectivity index (χ0v) is 4.86. The standard InChI is InChI=1S/C5H6N4/c1-3-5-6-7-8-9(5)4-2/h3-4H,1-2H2. The van der Waals surface area contributed by atoms with Crippen molar-refractivity contribution in [3.63, 3.8) is 0 Å². The molecule has 1 aromatic rings. The van der Waals surface area contributed by atoms with E-state index < -0.39 is 0 Å². The van der Waals surface area contributed by atoms with Gasteiger partial charge in [0.1, 0.15) is 0 Å². The second kappa shape index (κ2) is 2.21. The molecule has 0 spiro atoms. The summed E-state index contributed by atoms with van der Waals surface area (Å²) >= 11 is 0. The van der Waals surface area contributed by atoms with Crippen molar-refractivity contribution in [1.82, 2.24) is 20.2 Å². The molecule has 0 fully saturated rings. The van der Waals surface area contributed by atoms with Gasteiger partial charge in [0.15, 0.2) is 5.82 Å². The molecule has 46 valence electrons. The first-order valence-electron chi connectivity index (χ1n) is 2.41. The quantitative estimate of drug-likeness (QED) is 0.570. The second-order valence-corrected chi connectivity index (χ2v) is 1.37. The molecule has 4 nitrogen and oxygen atoms in total. The molecule has 0 radical (unpaired) electrons. The van der Waals surface area contributed by atoms with Crippen molar-refractivity contribution < 1.29 is 0 Å². The van der Waals surface area contributed by atoms with E-state index in [1.54, 1.807) is 6.08 Å². The number of aromatic nitrogens is 4. The molecule has 0 aliphatic carbocycles. The molecule has 0 atom stereocenters. The largest absolute Gasteiger partial charge is 0.201 e. The van der Waals surface area contributed by atoms with Crippen molar-refractivity contribution in [2.24, 2.45) is 0 Å². The fraction of sp³-hybridized carbons (Fsp3) is 0. The number of hydrogen-bond acceptors (Lipinski definition) is 3. The van der Waals surface area contributed by atoms with Crippen molar-refractivity contribution in [3.8, 4) is 0 Å². The van der Waals surface area contributed by atoms with Crippen LogP contribution in [-0.2, 0) is 0 Å². The summed E-state index contributed by atoms with van der Waals surface area (Å²) in [6.45, 7) is 6.99. The van der Waals surface area contributed by atoms with Crippen LogP contribution in [0.5, 0.6) is 0 Å². The summed E-state index contributed by atoms with van der Waals surface area (Å²) in [4.78, 5) is 0. The number of hydrogen-bond donors (Lipinski definition) is 0. The lowest BCUT2D eigenvalue weighted by molar-refractivity contribution is 0.818. The van der Waals surface area contributed by atoms with Gasteiger partial charge in [-0.3, -0.25) is 0 Å². The highest BCUT2D eigenvalue weighted by molar-refractivity contribution is 5.38. The molecule has 0 aliphatic rings. The fourth-order valence-corrected chi connectivity index (χ4v) is 0.465. The molecule has 1 rings (SSSR count). The first kappa shape index (κ1) is 5.68. The minimum atomic E-state index is 0.602. The Bertz CT molecular complexity index is 202. The summed E-state index contributed by atoms with van der Waals surface area (Å²) in [6.07, 6.45) is 3.07. The zero-order chi connectivity index (χ0) is 6.69. The first-order chi connectivity index (χ1) is 4.38. The van der Waals surface area contributed by atoms with Crippen molar-refractivity contribution in [2.45, 2.75) is 0 Å². The lowest BCUT2D eigenvalue weighted by Gasteiger charge is -1.86. The Labute approximate surface area is 52.5 Å². The third-order valence-corrected chi connectivity index (χ3v) is 0.874. The molecule has 0 aromatic carbocycles. The molecule has 4 heteroatoms. The van der Waals surface area contributed by atoms with Gasteiger partial charge in [-0.05, 0) is 16.5 Å². The predicted molar refractivity (Wildman–Crippen MR) is 34.3 cm³/mol. The molecule has 0 saturated heterocycles. The van der Waals surface area contributed by atoms with E-state index in [9.17, 15) is 0 Å². The summed E-state index contributed by atoms with van der Waals surface area (Å²) in [5.74, 6) is 0.602. The third kappa shape index (κ3) is 0.861. The third-order valence-electron chi connectivity index (χ3n) is 0.874. The Kier molecular flexibility index (Phi) is 1.40. The molecule has 0 N–H and O–H groups in total. The minimum absolute atomic E-state index is 0.602.